The van der Waals surface area contributed by atoms with Gasteiger partial charge in [0.2, 0.25) is 5.91 Å². The monoisotopic (exact) mass is 300 g/mol. The molecule has 1 aromatic rings. The van der Waals surface area contributed by atoms with Crippen LogP contribution in [0.1, 0.15) is 6.42 Å². The van der Waals surface area contributed by atoms with Gasteiger partial charge in [-0.1, -0.05) is 17.7 Å². The van der Waals surface area contributed by atoms with Gasteiger partial charge in [0.15, 0.2) is 0 Å². The second-order valence-corrected chi connectivity index (χ2v) is 4.89. The number of carbonyl (C=O) groups excluding carboxylic acids is 1. The van der Waals surface area contributed by atoms with Gasteiger partial charge in [0.05, 0.1) is 21.4 Å². The lowest BCUT2D eigenvalue weighted by molar-refractivity contribution is -0.117. The molecule has 1 aliphatic rings. The lowest BCUT2D eigenvalue weighted by Gasteiger charge is -2.17. The van der Waals surface area contributed by atoms with Gasteiger partial charge in [0, 0.05) is 25.1 Å². The number of halogens is 2. The van der Waals surface area contributed by atoms with Crippen molar-refractivity contribution in [3.63, 3.8) is 0 Å². The Morgan fingerprint density at radius 2 is 2.38 bits per heavy atom. The SMILES string of the molecule is C=CC1CC(=O)N(c2cncc(Br)c2Cl)C1. The molecule has 5 heteroatoms. The number of pyridine rings is 1. The highest BCUT2D eigenvalue weighted by molar-refractivity contribution is 9.10. The van der Waals surface area contributed by atoms with E-state index in [1.54, 1.807) is 23.4 Å². The normalized spacial score (nSPS) is 20.2. The number of amides is 1. The number of rotatable bonds is 2. The van der Waals surface area contributed by atoms with Crippen LogP contribution in [0, 0.1) is 5.92 Å². The van der Waals surface area contributed by atoms with Gasteiger partial charge in [-0.15, -0.1) is 6.58 Å². The smallest absolute Gasteiger partial charge is 0.227 e. The first-order chi connectivity index (χ1) is 7.63. The van der Waals surface area contributed by atoms with Crippen molar-refractivity contribution in [2.45, 2.75) is 6.42 Å². The van der Waals surface area contributed by atoms with E-state index < -0.39 is 0 Å². The Morgan fingerprint density at radius 3 is 3.00 bits per heavy atom. The van der Waals surface area contributed by atoms with E-state index in [2.05, 4.69) is 27.5 Å². The molecule has 1 unspecified atom stereocenters. The molecule has 1 amide bonds. The number of anilines is 1. The summed E-state index contributed by atoms with van der Waals surface area (Å²) in [7, 11) is 0. The third-order valence-electron chi connectivity index (χ3n) is 2.60. The molecule has 0 bridgehead atoms. The van der Waals surface area contributed by atoms with E-state index in [4.69, 9.17) is 11.6 Å². The largest absolute Gasteiger partial charge is 0.309 e. The Morgan fingerprint density at radius 1 is 1.62 bits per heavy atom. The van der Waals surface area contributed by atoms with Crippen molar-refractivity contribution < 1.29 is 4.79 Å². The Balaban J connectivity index is 2.35. The highest BCUT2D eigenvalue weighted by atomic mass is 79.9. The van der Waals surface area contributed by atoms with Gasteiger partial charge in [-0.3, -0.25) is 9.78 Å². The van der Waals surface area contributed by atoms with Gasteiger partial charge in [-0.25, -0.2) is 0 Å². The molecule has 1 aliphatic heterocycles. The first-order valence-corrected chi connectivity index (χ1v) is 6.02. The molecule has 84 valence electrons. The van der Waals surface area contributed by atoms with Crippen LogP contribution in [0.25, 0.3) is 0 Å². The van der Waals surface area contributed by atoms with Crippen molar-refractivity contribution in [1.82, 2.24) is 4.98 Å². The van der Waals surface area contributed by atoms with Crippen LogP contribution in [0.3, 0.4) is 0 Å². The Labute approximate surface area is 107 Å². The summed E-state index contributed by atoms with van der Waals surface area (Å²) in [4.78, 5) is 17.5. The van der Waals surface area contributed by atoms with Crippen molar-refractivity contribution >= 4 is 39.1 Å². The van der Waals surface area contributed by atoms with Gasteiger partial charge in [-0.05, 0) is 15.9 Å². The second kappa shape index (κ2) is 4.55. The fraction of sp³-hybridized carbons (Fsp3) is 0.273. The summed E-state index contributed by atoms with van der Waals surface area (Å²) in [5.74, 6) is 0.259. The molecule has 16 heavy (non-hydrogen) atoms. The van der Waals surface area contributed by atoms with Crippen LogP contribution in [0.4, 0.5) is 5.69 Å². The fourth-order valence-electron chi connectivity index (χ4n) is 1.72. The number of aromatic nitrogens is 1. The van der Waals surface area contributed by atoms with E-state index in [0.717, 1.165) is 0 Å². The molecular weight excluding hydrogens is 291 g/mol. The summed E-state index contributed by atoms with van der Waals surface area (Å²) in [5.41, 5.74) is 0.658. The second-order valence-electron chi connectivity index (χ2n) is 3.66. The standard InChI is InChI=1S/C11H10BrClN2O/c1-2-7-3-10(16)15(6-7)9-5-14-4-8(12)11(9)13/h2,4-5,7H,1,3,6H2. The van der Waals surface area contributed by atoms with Crippen LogP contribution in [0.5, 0.6) is 0 Å². The summed E-state index contributed by atoms with van der Waals surface area (Å²) in [6, 6.07) is 0. The number of hydrogen-bond acceptors (Lipinski definition) is 2. The van der Waals surface area contributed by atoms with Gasteiger partial charge >= 0.3 is 0 Å². The zero-order valence-electron chi connectivity index (χ0n) is 8.49. The van der Waals surface area contributed by atoms with Crippen LogP contribution >= 0.6 is 27.5 Å². The lowest BCUT2D eigenvalue weighted by Crippen LogP contribution is -2.24. The molecule has 1 aromatic heterocycles. The van der Waals surface area contributed by atoms with E-state index in [1.807, 2.05) is 0 Å². The van der Waals surface area contributed by atoms with Crippen LogP contribution in [-0.2, 0) is 4.79 Å². The first kappa shape index (κ1) is 11.6. The maximum absolute atomic E-state index is 11.8. The van der Waals surface area contributed by atoms with Crippen molar-refractivity contribution in [2.75, 3.05) is 11.4 Å². The minimum Gasteiger partial charge on any atom is -0.309 e. The van der Waals surface area contributed by atoms with E-state index in [9.17, 15) is 4.79 Å². The molecule has 0 spiro atoms. The maximum Gasteiger partial charge on any atom is 0.227 e. The highest BCUT2D eigenvalue weighted by Crippen LogP contribution is 2.34. The van der Waals surface area contributed by atoms with Crippen LogP contribution < -0.4 is 4.90 Å². The van der Waals surface area contributed by atoms with Crippen molar-refractivity contribution in [1.29, 1.82) is 0 Å². The summed E-state index contributed by atoms with van der Waals surface area (Å²) in [5, 5.41) is 0.521. The quantitative estimate of drug-likeness (QED) is 0.787. The third kappa shape index (κ3) is 1.99. The molecule has 3 nitrogen and oxygen atoms in total. The van der Waals surface area contributed by atoms with E-state index in [1.165, 1.54) is 0 Å². The average molecular weight is 302 g/mol. The minimum atomic E-state index is 0.0618. The topological polar surface area (TPSA) is 33.2 Å². The summed E-state index contributed by atoms with van der Waals surface area (Å²) in [6.07, 6.45) is 5.51. The van der Waals surface area contributed by atoms with Crippen LogP contribution in [0.2, 0.25) is 5.02 Å². The molecule has 0 radical (unpaired) electrons. The molecule has 0 aliphatic carbocycles. The lowest BCUT2D eigenvalue weighted by atomic mass is 10.1. The molecule has 0 N–H and O–H groups in total. The zero-order chi connectivity index (χ0) is 11.7. The fourth-order valence-corrected chi connectivity index (χ4v) is 2.24. The van der Waals surface area contributed by atoms with Crippen LogP contribution in [0.15, 0.2) is 29.5 Å². The van der Waals surface area contributed by atoms with Gasteiger partial charge < -0.3 is 4.90 Å². The van der Waals surface area contributed by atoms with Crippen molar-refractivity contribution in [3.8, 4) is 0 Å². The van der Waals surface area contributed by atoms with Crippen LogP contribution in [-0.4, -0.2) is 17.4 Å². The Bertz CT molecular complexity index is 450. The summed E-state index contributed by atoms with van der Waals surface area (Å²) in [6.45, 7) is 4.33. The molecular formula is C11H10BrClN2O. The van der Waals surface area contributed by atoms with E-state index >= 15 is 0 Å². The van der Waals surface area contributed by atoms with E-state index in [0.29, 0.717) is 28.1 Å². The maximum atomic E-state index is 11.8. The molecule has 2 heterocycles. The summed E-state index contributed by atoms with van der Waals surface area (Å²) >= 11 is 9.42. The minimum absolute atomic E-state index is 0.0618. The predicted octanol–water partition coefficient (Wildman–Crippen LogP) is 3.04. The number of nitrogens with zero attached hydrogens (tertiary/aromatic N) is 2. The van der Waals surface area contributed by atoms with Gasteiger partial charge in [0.1, 0.15) is 0 Å². The summed E-state index contributed by atoms with van der Waals surface area (Å²) < 4.78 is 0.696. The molecule has 0 aromatic carbocycles. The van der Waals surface area contributed by atoms with E-state index in [-0.39, 0.29) is 11.8 Å². The Hall–Kier alpha value is -0.870. The molecule has 0 saturated carbocycles. The molecule has 2 rings (SSSR count). The Kier molecular flexibility index (Phi) is 3.30. The number of hydrogen-bond donors (Lipinski definition) is 0. The number of carbonyl (C=O) groups is 1. The molecule has 1 atom stereocenters. The third-order valence-corrected chi connectivity index (χ3v) is 3.83. The average Bonchev–Trinajstić information content (AvgIpc) is 2.64. The molecule has 1 saturated heterocycles. The first-order valence-electron chi connectivity index (χ1n) is 4.85. The van der Waals surface area contributed by atoms with Gasteiger partial charge in [0.25, 0.3) is 0 Å². The highest BCUT2D eigenvalue weighted by Gasteiger charge is 2.30. The van der Waals surface area contributed by atoms with Gasteiger partial charge in [-0.2, -0.15) is 0 Å². The van der Waals surface area contributed by atoms with Crippen molar-refractivity contribution in [3.05, 3.63) is 34.5 Å². The van der Waals surface area contributed by atoms with Crippen molar-refractivity contribution in [2.24, 2.45) is 5.92 Å². The zero-order valence-corrected chi connectivity index (χ0v) is 10.8. The predicted molar refractivity (Wildman–Crippen MR) is 67.6 cm³/mol. The molecule has 1 fully saturated rings.